The first-order chi connectivity index (χ1) is 41.7. The van der Waals surface area contributed by atoms with E-state index in [0.29, 0.717) is 25.7 Å². The van der Waals surface area contributed by atoms with Gasteiger partial charge in [0.2, 0.25) is 47.3 Å². The summed E-state index contributed by atoms with van der Waals surface area (Å²) in [6.07, 6.45) is 31.4. The lowest BCUT2D eigenvalue weighted by Gasteiger charge is -2.22. The maximum Gasteiger partial charge on any atom is 0.242 e. The van der Waals surface area contributed by atoms with E-state index in [4.69, 9.17) is 11.5 Å². The molecular formula is C72H150N10O8. The maximum atomic E-state index is 12.3. The molecule has 0 aliphatic carbocycles. The summed E-state index contributed by atoms with van der Waals surface area (Å²) in [7, 11) is 0. The Balaban J connectivity index is -0.000000259. The van der Waals surface area contributed by atoms with E-state index < -0.39 is 36.3 Å². The third-order valence-electron chi connectivity index (χ3n) is 14.9. The van der Waals surface area contributed by atoms with Crippen LogP contribution in [-0.2, 0) is 38.4 Å². The number of hydrogen-bond donors (Lipinski definition) is 10. The Hall–Kier alpha value is -4.32. The van der Waals surface area contributed by atoms with Crippen LogP contribution >= 0.6 is 0 Å². The standard InChI is InChI=1S/2C18H36N2O2.2C17H35N3O2.2CH4/c2*1-6-8-10-12-15(5)17(21)20-16(13-11-9-7-2)18(22)19-14(3)4;2*1-5-7-9-11-14(18)16(21)20-15(12-10-8-6-2)17(22)19-13(3)4;;/h2*14-16H,6-13H2,1-5H3,(H,19,22)(H,20,21);2*13-15H,5-12,18H2,1-4H3,(H,19,22)(H,20,21);2*1H4. The molecule has 0 radical (unpaired) electrons. The van der Waals surface area contributed by atoms with Crippen molar-refractivity contribution in [1.82, 2.24) is 42.5 Å². The Kier molecular flexibility index (Phi) is 69.6. The molecule has 0 aliphatic rings. The Morgan fingerprint density at radius 1 is 0.233 bits per heavy atom. The minimum absolute atomic E-state index is 0. The van der Waals surface area contributed by atoms with Crippen LogP contribution in [0.25, 0.3) is 0 Å². The van der Waals surface area contributed by atoms with Gasteiger partial charge in [-0.05, 0) is 107 Å². The lowest BCUT2D eigenvalue weighted by molar-refractivity contribution is -0.131. The van der Waals surface area contributed by atoms with E-state index in [-0.39, 0.29) is 98.1 Å². The van der Waals surface area contributed by atoms with E-state index in [1.807, 2.05) is 69.2 Å². The summed E-state index contributed by atoms with van der Waals surface area (Å²) in [4.78, 5) is 97.7. The normalized spacial score (nSPS) is 13.4. The summed E-state index contributed by atoms with van der Waals surface area (Å²) in [5.41, 5.74) is 11.8. The Morgan fingerprint density at radius 3 is 0.578 bits per heavy atom. The van der Waals surface area contributed by atoms with Gasteiger partial charge in [0.15, 0.2) is 0 Å². The molecule has 8 atom stereocenters. The van der Waals surface area contributed by atoms with E-state index in [1.165, 1.54) is 0 Å². The second-order valence-electron chi connectivity index (χ2n) is 25.9. The van der Waals surface area contributed by atoms with Crippen molar-refractivity contribution in [3.8, 4) is 0 Å². The van der Waals surface area contributed by atoms with Crippen LogP contribution in [0, 0.1) is 11.8 Å². The average Bonchev–Trinajstić information content (AvgIpc) is 3.68. The predicted molar refractivity (Wildman–Crippen MR) is 382 cm³/mol. The second kappa shape index (κ2) is 64.8. The van der Waals surface area contributed by atoms with Gasteiger partial charge in [-0.3, -0.25) is 38.4 Å². The first-order valence-corrected chi connectivity index (χ1v) is 35.6. The summed E-state index contributed by atoms with van der Waals surface area (Å²) >= 11 is 0. The van der Waals surface area contributed by atoms with Crippen molar-refractivity contribution in [3.05, 3.63) is 0 Å². The highest BCUT2D eigenvalue weighted by Gasteiger charge is 2.27. The smallest absolute Gasteiger partial charge is 0.242 e. The van der Waals surface area contributed by atoms with E-state index in [9.17, 15) is 38.4 Å². The first-order valence-electron chi connectivity index (χ1n) is 35.6. The third kappa shape index (κ3) is 57.6. The zero-order valence-corrected chi connectivity index (χ0v) is 60.0. The van der Waals surface area contributed by atoms with Crippen LogP contribution in [0.1, 0.15) is 345 Å². The summed E-state index contributed by atoms with van der Waals surface area (Å²) in [6, 6.07) is -2.45. The largest absolute Gasteiger partial charge is 0.352 e. The number of hydrogen-bond acceptors (Lipinski definition) is 10. The third-order valence-corrected chi connectivity index (χ3v) is 14.9. The monoisotopic (exact) mass is 1280 g/mol. The van der Waals surface area contributed by atoms with Gasteiger partial charge in [-0.1, -0.05) is 238 Å². The van der Waals surface area contributed by atoms with E-state index in [0.717, 1.165) is 180 Å². The van der Waals surface area contributed by atoms with Gasteiger partial charge in [0.25, 0.3) is 0 Å². The summed E-state index contributed by atoms with van der Waals surface area (Å²) in [5, 5.41) is 23.1. The minimum Gasteiger partial charge on any atom is -0.352 e. The van der Waals surface area contributed by atoms with Crippen LogP contribution in [0.5, 0.6) is 0 Å². The number of nitrogens with two attached hydrogens (primary N) is 2. The van der Waals surface area contributed by atoms with E-state index >= 15 is 0 Å². The number of unbranched alkanes of at least 4 members (excludes halogenated alkanes) is 16. The molecule has 0 aliphatic heterocycles. The lowest BCUT2D eigenvalue weighted by atomic mass is 10.0. The fourth-order valence-electron chi connectivity index (χ4n) is 9.35. The van der Waals surface area contributed by atoms with Gasteiger partial charge in [0.05, 0.1) is 12.1 Å². The molecule has 536 valence electrons. The highest BCUT2D eigenvalue weighted by atomic mass is 16.2. The average molecular weight is 1280 g/mol. The molecule has 8 amide bonds. The highest BCUT2D eigenvalue weighted by molar-refractivity contribution is 5.91. The van der Waals surface area contributed by atoms with Crippen molar-refractivity contribution in [1.29, 1.82) is 0 Å². The molecule has 12 N–H and O–H groups in total. The molecule has 0 fully saturated rings. The van der Waals surface area contributed by atoms with Crippen LogP contribution in [0.3, 0.4) is 0 Å². The zero-order chi connectivity index (χ0) is 67.8. The quantitative estimate of drug-likeness (QED) is 0.0257. The number of carbonyl (C=O) groups is 8. The molecule has 18 nitrogen and oxygen atoms in total. The van der Waals surface area contributed by atoms with Crippen molar-refractivity contribution < 1.29 is 38.4 Å². The molecule has 0 bridgehead atoms. The highest BCUT2D eigenvalue weighted by Crippen LogP contribution is 2.14. The topological polar surface area (TPSA) is 285 Å². The summed E-state index contributed by atoms with van der Waals surface area (Å²) in [5.74, 6) is -0.777. The SMILES string of the molecule is C.C.CCCCCC(C)C(=O)NC(CCCCC)C(=O)NC(C)C.CCCCCC(C)C(=O)NC(CCCCC)C(=O)NC(C)C.CCCCCC(N)C(=O)NC(CCCCC)C(=O)NC(C)C.CCCCCC(N)C(=O)NC(CCCCC)C(=O)NC(C)C. The van der Waals surface area contributed by atoms with Crippen LogP contribution < -0.4 is 54.0 Å². The Bertz CT molecular complexity index is 1520. The van der Waals surface area contributed by atoms with Crippen LogP contribution in [-0.4, -0.2) is 108 Å². The van der Waals surface area contributed by atoms with Gasteiger partial charge in [-0.25, -0.2) is 0 Å². The molecule has 0 spiro atoms. The Morgan fingerprint density at radius 2 is 0.400 bits per heavy atom. The van der Waals surface area contributed by atoms with Crippen LogP contribution in [0.4, 0.5) is 0 Å². The van der Waals surface area contributed by atoms with Crippen molar-refractivity contribution >= 4 is 47.3 Å². The van der Waals surface area contributed by atoms with Crippen molar-refractivity contribution in [2.75, 3.05) is 0 Å². The van der Waals surface area contributed by atoms with E-state index in [1.54, 1.807) is 0 Å². The van der Waals surface area contributed by atoms with Gasteiger partial charge >= 0.3 is 0 Å². The molecular weight excluding hydrogens is 1130 g/mol. The number of amides is 8. The molecule has 0 saturated heterocycles. The van der Waals surface area contributed by atoms with Crippen molar-refractivity contribution in [2.45, 2.75) is 405 Å². The zero-order valence-electron chi connectivity index (χ0n) is 60.0. The predicted octanol–water partition coefficient (Wildman–Crippen LogP) is 13.8. The van der Waals surface area contributed by atoms with Crippen LogP contribution in [0.15, 0.2) is 0 Å². The maximum absolute atomic E-state index is 12.3. The number of carbonyl (C=O) groups excluding carboxylic acids is 8. The molecule has 0 heterocycles. The minimum atomic E-state index is -0.521. The van der Waals surface area contributed by atoms with Gasteiger partial charge < -0.3 is 54.0 Å². The molecule has 18 heteroatoms. The fourth-order valence-corrected chi connectivity index (χ4v) is 9.35. The van der Waals surface area contributed by atoms with Crippen molar-refractivity contribution in [2.24, 2.45) is 23.3 Å². The molecule has 90 heavy (non-hydrogen) atoms. The van der Waals surface area contributed by atoms with E-state index in [2.05, 4.69) is 97.9 Å². The summed E-state index contributed by atoms with van der Waals surface area (Å²) < 4.78 is 0. The van der Waals surface area contributed by atoms with Gasteiger partial charge in [-0.15, -0.1) is 0 Å². The molecule has 0 rings (SSSR count). The Labute approximate surface area is 554 Å². The molecule has 0 aromatic carbocycles. The van der Waals surface area contributed by atoms with Crippen LogP contribution in [0.2, 0.25) is 0 Å². The molecule has 0 saturated carbocycles. The lowest BCUT2D eigenvalue weighted by Crippen LogP contribution is -2.52. The fraction of sp³-hybridized carbons (Fsp3) is 0.889. The van der Waals surface area contributed by atoms with Gasteiger partial charge in [-0.2, -0.15) is 0 Å². The van der Waals surface area contributed by atoms with Crippen molar-refractivity contribution in [3.63, 3.8) is 0 Å². The molecule has 0 aromatic heterocycles. The first kappa shape index (κ1) is 96.8. The van der Waals surface area contributed by atoms with Gasteiger partial charge in [0.1, 0.15) is 24.2 Å². The number of rotatable bonds is 48. The summed E-state index contributed by atoms with van der Waals surface area (Å²) in [6.45, 7) is 36.4. The number of nitrogens with one attached hydrogen (secondary N) is 8. The molecule has 0 aromatic rings. The second-order valence-corrected chi connectivity index (χ2v) is 25.9. The van der Waals surface area contributed by atoms with Gasteiger partial charge in [0, 0.05) is 36.0 Å². The molecule has 8 unspecified atom stereocenters.